The van der Waals surface area contributed by atoms with Gasteiger partial charge in [-0.2, -0.15) is 23.5 Å². The Morgan fingerprint density at radius 3 is 2.10 bits per heavy atom. The Labute approximate surface area is 129 Å². The average Bonchev–Trinajstić information content (AvgIpc) is 2.39. The van der Waals surface area contributed by atoms with Crippen LogP contribution in [-0.2, 0) is 9.59 Å². The summed E-state index contributed by atoms with van der Waals surface area (Å²) in [7, 11) is 0. The molecular formula is C14H24O4S2. The topological polar surface area (TPSA) is 74.6 Å². The number of thioether (sulfide) groups is 2. The van der Waals surface area contributed by atoms with E-state index in [4.69, 9.17) is 10.2 Å². The second kappa shape index (κ2) is 10.4. The fourth-order valence-corrected chi connectivity index (χ4v) is 4.67. The first-order valence-corrected chi connectivity index (χ1v) is 9.41. The van der Waals surface area contributed by atoms with Crippen molar-refractivity contribution in [3.63, 3.8) is 0 Å². The SMILES string of the molecule is O=C(O)CCSCCC1CCC(SCCC(=O)O)CC1. The number of hydrogen-bond acceptors (Lipinski definition) is 4. The lowest BCUT2D eigenvalue weighted by molar-refractivity contribution is -0.137. The third-order valence-electron chi connectivity index (χ3n) is 3.59. The predicted molar refractivity (Wildman–Crippen MR) is 84.7 cm³/mol. The Morgan fingerprint density at radius 2 is 1.50 bits per heavy atom. The van der Waals surface area contributed by atoms with Crippen molar-refractivity contribution >= 4 is 35.5 Å². The normalized spacial score (nSPS) is 22.6. The molecule has 0 amide bonds. The predicted octanol–water partition coefficient (Wildman–Crippen LogP) is 3.35. The van der Waals surface area contributed by atoms with Gasteiger partial charge in [0, 0.05) is 16.8 Å². The summed E-state index contributed by atoms with van der Waals surface area (Å²) < 4.78 is 0. The van der Waals surface area contributed by atoms with Crippen LogP contribution < -0.4 is 0 Å². The quantitative estimate of drug-likeness (QED) is 0.601. The molecule has 2 N–H and O–H groups in total. The molecule has 0 heterocycles. The molecule has 0 unspecified atom stereocenters. The van der Waals surface area contributed by atoms with E-state index >= 15 is 0 Å². The van der Waals surface area contributed by atoms with Gasteiger partial charge in [-0.3, -0.25) is 9.59 Å². The average molecular weight is 320 g/mol. The highest BCUT2D eigenvalue weighted by Gasteiger charge is 2.21. The molecular weight excluding hydrogens is 296 g/mol. The smallest absolute Gasteiger partial charge is 0.304 e. The van der Waals surface area contributed by atoms with E-state index in [0.29, 0.717) is 5.25 Å². The molecule has 0 aliphatic heterocycles. The Hall–Kier alpha value is -0.360. The molecule has 20 heavy (non-hydrogen) atoms. The summed E-state index contributed by atoms with van der Waals surface area (Å²) >= 11 is 3.55. The molecule has 0 aromatic carbocycles. The third kappa shape index (κ3) is 8.74. The van der Waals surface area contributed by atoms with Gasteiger partial charge in [-0.1, -0.05) is 0 Å². The maximum Gasteiger partial charge on any atom is 0.304 e. The van der Waals surface area contributed by atoms with Crippen molar-refractivity contribution in [2.75, 3.05) is 17.3 Å². The molecule has 1 saturated carbocycles. The number of carboxylic acids is 2. The summed E-state index contributed by atoms with van der Waals surface area (Å²) in [6.45, 7) is 0. The Balaban J connectivity index is 1.98. The summed E-state index contributed by atoms with van der Waals surface area (Å²) in [6.07, 6.45) is 6.61. The number of aliphatic carboxylic acids is 2. The van der Waals surface area contributed by atoms with Crippen LogP contribution in [0.5, 0.6) is 0 Å². The minimum absolute atomic E-state index is 0.262. The van der Waals surface area contributed by atoms with Gasteiger partial charge in [0.1, 0.15) is 0 Å². The first kappa shape index (κ1) is 17.7. The van der Waals surface area contributed by atoms with Gasteiger partial charge in [0.05, 0.1) is 12.8 Å². The van der Waals surface area contributed by atoms with Crippen LogP contribution in [0.15, 0.2) is 0 Å². The zero-order valence-electron chi connectivity index (χ0n) is 11.8. The van der Waals surface area contributed by atoms with Gasteiger partial charge in [0.2, 0.25) is 0 Å². The van der Waals surface area contributed by atoms with Crippen molar-refractivity contribution in [1.29, 1.82) is 0 Å². The van der Waals surface area contributed by atoms with E-state index in [9.17, 15) is 9.59 Å². The number of carbonyl (C=O) groups is 2. The van der Waals surface area contributed by atoms with Crippen LogP contribution >= 0.6 is 23.5 Å². The van der Waals surface area contributed by atoms with Gasteiger partial charge in [-0.15, -0.1) is 0 Å². The van der Waals surface area contributed by atoms with Crippen molar-refractivity contribution < 1.29 is 19.8 Å². The fraction of sp³-hybridized carbons (Fsp3) is 0.857. The highest BCUT2D eigenvalue weighted by molar-refractivity contribution is 8.00. The van der Waals surface area contributed by atoms with Crippen LogP contribution in [0.1, 0.15) is 44.9 Å². The van der Waals surface area contributed by atoms with Crippen LogP contribution in [0.4, 0.5) is 0 Å². The zero-order chi connectivity index (χ0) is 14.8. The molecule has 1 aliphatic carbocycles. The van der Waals surface area contributed by atoms with Gasteiger partial charge < -0.3 is 10.2 Å². The Bertz CT molecular complexity index is 302. The molecule has 0 bridgehead atoms. The van der Waals surface area contributed by atoms with E-state index in [1.807, 2.05) is 11.8 Å². The van der Waals surface area contributed by atoms with Gasteiger partial charge in [-0.25, -0.2) is 0 Å². The lowest BCUT2D eigenvalue weighted by Gasteiger charge is -2.28. The summed E-state index contributed by atoms with van der Waals surface area (Å²) in [6, 6.07) is 0. The van der Waals surface area contributed by atoms with E-state index in [0.717, 1.165) is 23.2 Å². The van der Waals surface area contributed by atoms with Gasteiger partial charge >= 0.3 is 11.9 Å². The first-order chi connectivity index (χ1) is 9.58. The molecule has 0 aromatic rings. The van der Waals surface area contributed by atoms with E-state index in [1.165, 1.54) is 32.1 Å². The molecule has 0 aromatic heterocycles. The van der Waals surface area contributed by atoms with Crippen LogP contribution in [0.25, 0.3) is 0 Å². The summed E-state index contributed by atoms with van der Waals surface area (Å²) in [5.41, 5.74) is 0. The first-order valence-electron chi connectivity index (χ1n) is 7.21. The van der Waals surface area contributed by atoms with Crippen LogP contribution in [-0.4, -0.2) is 44.7 Å². The largest absolute Gasteiger partial charge is 0.481 e. The van der Waals surface area contributed by atoms with Crippen LogP contribution in [0.2, 0.25) is 0 Å². The van der Waals surface area contributed by atoms with Crippen LogP contribution in [0.3, 0.4) is 0 Å². The van der Waals surface area contributed by atoms with Crippen molar-refractivity contribution in [1.82, 2.24) is 0 Å². The second-order valence-electron chi connectivity index (χ2n) is 5.20. The summed E-state index contributed by atoms with van der Waals surface area (Å²) in [5, 5.41) is 17.8. The minimum atomic E-state index is -0.712. The molecule has 4 nitrogen and oxygen atoms in total. The fourth-order valence-electron chi connectivity index (χ4n) is 2.41. The maximum atomic E-state index is 10.5. The second-order valence-corrected chi connectivity index (χ2v) is 7.84. The van der Waals surface area contributed by atoms with E-state index in [1.54, 1.807) is 11.8 Å². The molecule has 1 aliphatic rings. The molecule has 1 rings (SSSR count). The van der Waals surface area contributed by atoms with Crippen molar-refractivity contribution in [3.05, 3.63) is 0 Å². The highest BCUT2D eigenvalue weighted by Crippen LogP contribution is 2.34. The molecule has 6 heteroatoms. The summed E-state index contributed by atoms with van der Waals surface area (Å²) in [4.78, 5) is 20.8. The lowest BCUT2D eigenvalue weighted by atomic mass is 9.87. The lowest BCUT2D eigenvalue weighted by Crippen LogP contribution is -2.17. The standard InChI is InChI=1S/C14H24O4S2/c15-13(16)6-9-19-8-5-11-1-3-12(4-2-11)20-10-7-14(17)18/h11-12H,1-10H2,(H,15,16)(H,17,18). The third-order valence-corrected chi connectivity index (χ3v) is 5.99. The summed E-state index contributed by atoms with van der Waals surface area (Å²) in [5.74, 6) is 1.88. The van der Waals surface area contributed by atoms with E-state index < -0.39 is 11.9 Å². The van der Waals surface area contributed by atoms with Crippen molar-refractivity contribution in [3.8, 4) is 0 Å². The van der Waals surface area contributed by atoms with Gasteiger partial charge in [-0.05, 0) is 43.8 Å². The van der Waals surface area contributed by atoms with E-state index in [-0.39, 0.29) is 12.8 Å². The molecule has 1 fully saturated rings. The van der Waals surface area contributed by atoms with Gasteiger partial charge in [0.25, 0.3) is 0 Å². The zero-order valence-corrected chi connectivity index (χ0v) is 13.4. The molecule has 0 spiro atoms. The number of hydrogen-bond donors (Lipinski definition) is 2. The Morgan fingerprint density at radius 1 is 0.900 bits per heavy atom. The molecule has 116 valence electrons. The van der Waals surface area contributed by atoms with Crippen LogP contribution in [0, 0.1) is 5.92 Å². The highest BCUT2D eigenvalue weighted by atomic mass is 32.2. The maximum absolute atomic E-state index is 10.5. The van der Waals surface area contributed by atoms with Gasteiger partial charge in [0.15, 0.2) is 0 Å². The molecule has 0 atom stereocenters. The minimum Gasteiger partial charge on any atom is -0.481 e. The number of carboxylic acid groups (broad SMARTS) is 2. The van der Waals surface area contributed by atoms with E-state index in [2.05, 4.69) is 0 Å². The number of rotatable bonds is 10. The van der Waals surface area contributed by atoms with Crippen molar-refractivity contribution in [2.24, 2.45) is 5.92 Å². The Kier molecular flexibility index (Phi) is 9.18. The van der Waals surface area contributed by atoms with Crippen molar-refractivity contribution in [2.45, 2.75) is 50.2 Å². The molecule has 0 saturated heterocycles. The monoisotopic (exact) mass is 320 g/mol. The molecule has 0 radical (unpaired) electrons.